The van der Waals surface area contributed by atoms with Crippen molar-refractivity contribution in [1.29, 1.82) is 0 Å². The number of ether oxygens (including phenoxy) is 1. The highest BCUT2D eigenvalue weighted by molar-refractivity contribution is 6.69. The van der Waals surface area contributed by atoms with Gasteiger partial charge in [-0.1, -0.05) is 0 Å². The summed E-state index contributed by atoms with van der Waals surface area (Å²) in [4.78, 5) is 26.0. The standard InChI is InChI=1S/C15H21NO4Si/c1-19-12-7-5-11(6-8-12)14(17)16-10-9-13(15(16)18)20-21(2,3)4/h5-8,13H,9-10H2,1-4H3/t13-/m0/s1. The number of hydrogen-bond acceptors (Lipinski definition) is 4. The van der Waals surface area contributed by atoms with E-state index < -0.39 is 14.4 Å². The topological polar surface area (TPSA) is 55.8 Å². The van der Waals surface area contributed by atoms with E-state index >= 15 is 0 Å². The molecule has 1 aromatic rings. The zero-order valence-corrected chi connectivity index (χ0v) is 13.9. The highest BCUT2D eigenvalue weighted by Crippen LogP contribution is 2.22. The second-order valence-corrected chi connectivity index (χ2v) is 10.5. The molecule has 0 aromatic heterocycles. The van der Waals surface area contributed by atoms with Crippen LogP contribution in [0.1, 0.15) is 16.8 Å². The molecule has 21 heavy (non-hydrogen) atoms. The summed E-state index contributed by atoms with van der Waals surface area (Å²) in [7, 11) is -0.227. The van der Waals surface area contributed by atoms with Gasteiger partial charge in [0.15, 0.2) is 8.32 Å². The summed E-state index contributed by atoms with van der Waals surface area (Å²) in [6.07, 6.45) is 0.101. The Balaban J connectivity index is 2.08. The van der Waals surface area contributed by atoms with Crippen molar-refractivity contribution in [3.05, 3.63) is 29.8 Å². The largest absolute Gasteiger partial charge is 0.497 e. The first-order valence-corrected chi connectivity index (χ1v) is 10.4. The number of nitrogens with zero attached hydrogens (tertiary/aromatic N) is 1. The zero-order chi connectivity index (χ0) is 15.6. The maximum atomic E-state index is 12.4. The zero-order valence-electron chi connectivity index (χ0n) is 12.9. The van der Waals surface area contributed by atoms with Crippen LogP contribution in [0.3, 0.4) is 0 Å². The average molecular weight is 307 g/mol. The Hall–Kier alpha value is -1.66. The Morgan fingerprint density at radius 3 is 2.38 bits per heavy atom. The Bertz CT molecular complexity index is 536. The van der Waals surface area contributed by atoms with Crippen molar-refractivity contribution in [2.24, 2.45) is 0 Å². The molecule has 0 radical (unpaired) electrons. The number of rotatable bonds is 4. The monoisotopic (exact) mass is 307 g/mol. The SMILES string of the molecule is COc1ccc(C(=O)N2CC[C@H](O[Si](C)(C)C)C2=O)cc1. The van der Waals surface area contributed by atoms with Crippen LogP contribution in [-0.2, 0) is 9.22 Å². The lowest BCUT2D eigenvalue weighted by atomic mass is 10.2. The lowest BCUT2D eigenvalue weighted by Crippen LogP contribution is -2.40. The van der Waals surface area contributed by atoms with Crippen LogP contribution < -0.4 is 4.74 Å². The molecule has 2 amide bonds. The third-order valence-corrected chi connectivity index (χ3v) is 4.23. The van der Waals surface area contributed by atoms with E-state index in [2.05, 4.69) is 0 Å². The van der Waals surface area contributed by atoms with Crippen molar-refractivity contribution < 1.29 is 18.8 Å². The van der Waals surface area contributed by atoms with E-state index in [1.54, 1.807) is 31.4 Å². The highest BCUT2D eigenvalue weighted by Gasteiger charge is 2.38. The van der Waals surface area contributed by atoms with Crippen molar-refractivity contribution in [2.45, 2.75) is 32.2 Å². The number of carbonyl (C=O) groups is 2. The van der Waals surface area contributed by atoms with Crippen LogP contribution in [0.15, 0.2) is 24.3 Å². The first-order chi connectivity index (χ1) is 9.81. The molecule has 0 unspecified atom stereocenters. The van der Waals surface area contributed by atoms with Crippen molar-refractivity contribution in [3.8, 4) is 5.75 Å². The predicted molar refractivity (Wildman–Crippen MR) is 81.9 cm³/mol. The van der Waals surface area contributed by atoms with Crippen molar-refractivity contribution in [2.75, 3.05) is 13.7 Å². The second kappa shape index (κ2) is 5.99. The van der Waals surface area contributed by atoms with Gasteiger partial charge in [-0.15, -0.1) is 0 Å². The molecule has 0 aliphatic carbocycles. The Labute approximate surface area is 126 Å². The van der Waals surface area contributed by atoms with Crippen LogP contribution >= 0.6 is 0 Å². The molecule has 0 saturated carbocycles. The number of methoxy groups -OCH3 is 1. The molecule has 1 aliphatic rings. The van der Waals surface area contributed by atoms with Gasteiger partial charge in [-0.05, 0) is 50.3 Å². The van der Waals surface area contributed by atoms with E-state index in [4.69, 9.17) is 9.16 Å². The van der Waals surface area contributed by atoms with Gasteiger partial charge >= 0.3 is 0 Å². The average Bonchev–Trinajstić information content (AvgIpc) is 2.78. The number of carbonyl (C=O) groups excluding carboxylic acids is 2. The molecule has 0 N–H and O–H groups in total. The minimum absolute atomic E-state index is 0.224. The molecular formula is C15H21NO4Si. The molecule has 1 aliphatic heterocycles. The Morgan fingerprint density at radius 2 is 1.86 bits per heavy atom. The fraction of sp³-hybridized carbons (Fsp3) is 0.467. The Kier molecular flexibility index (Phi) is 4.48. The molecule has 1 aromatic carbocycles. The van der Waals surface area contributed by atoms with Gasteiger partial charge in [0.25, 0.3) is 11.8 Å². The number of amides is 2. The van der Waals surface area contributed by atoms with Crippen LogP contribution in [0.5, 0.6) is 5.75 Å². The van der Waals surface area contributed by atoms with E-state index in [9.17, 15) is 9.59 Å². The molecule has 0 spiro atoms. The summed E-state index contributed by atoms with van der Waals surface area (Å²) < 4.78 is 10.9. The molecule has 1 saturated heterocycles. The fourth-order valence-electron chi connectivity index (χ4n) is 2.28. The smallest absolute Gasteiger partial charge is 0.260 e. The summed E-state index contributed by atoms with van der Waals surface area (Å²) in [5.41, 5.74) is 0.484. The van der Waals surface area contributed by atoms with Crippen LogP contribution in [0.4, 0.5) is 0 Å². The molecule has 0 bridgehead atoms. The summed E-state index contributed by atoms with van der Waals surface area (Å²) in [5.74, 6) is 0.182. The van der Waals surface area contributed by atoms with Gasteiger partial charge in [0.2, 0.25) is 0 Å². The first-order valence-electron chi connectivity index (χ1n) is 6.99. The van der Waals surface area contributed by atoms with Crippen LogP contribution in [0, 0.1) is 0 Å². The van der Waals surface area contributed by atoms with Crippen molar-refractivity contribution >= 4 is 20.1 Å². The molecular weight excluding hydrogens is 286 g/mol. The van der Waals surface area contributed by atoms with Gasteiger partial charge < -0.3 is 9.16 Å². The normalized spacial score (nSPS) is 19.0. The Morgan fingerprint density at radius 1 is 1.24 bits per heavy atom. The minimum atomic E-state index is -1.80. The summed E-state index contributed by atoms with van der Waals surface area (Å²) >= 11 is 0. The predicted octanol–water partition coefficient (Wildman–Crippen LogP) is 2.29. The lowest BCUT2D eigenvalue weighted by molar-refractivity contribution is -0.131. The molecule has 114 valence electrons. The van der Waals surface area contributed by atoms with Crippen molar-refractivity contribution in [3.63, 3.8) is 0 Å². The van der Waals surface area contributed by atoms with Gasteiger partial charge in [-0.2, -0.15) is 0 Å². The number of benzene rings is 1. The van der Waals surface area contributed by atoms with Crippen LogP contribution in [0.25, 0.3) is 0 Å². The minimum Gasteiger partial charge on any atom is -0.497 e. The van der Waals surface area contributed by atoms with Crippen LogP contribution in [-0.4, -0.2) is 44.8 Å². The number of imide groups is 1. The van der Waals surface area contributed by atoms with Gasteiger partial charge in [-0.25, -0.2) is 0 Å². The maximum Gasteiger partial charge on any atom is 0.260 e. The second-order valence-electron chi connectivity index (χ2n) is 6.03. The van der Waals surface area contributed by atoms with E-state index in [-0.39, 0.29) is 11.8 Å². The molecule has 5 nitrogen and oxygen atoms in total. The quantitative estimate of drug-likeness (QED) is 0.632. The third-order valence-electron chi connectivity index (χ3n) is 3.23. The maximum absolute atomic E-state index is 12.4. The lowest BCUT2D eigenvalue weighted by Gasteiger charge is -2.22. The molecule has 6 heteroatoms. The van der Waals surface area contributed by atoms with Gasteiger partial charge in [-0.3, -0.25) is 14.5 Å². The summed E-state index contributed by atoms with van der Waals surface area (Å²) in [6, 6.07) is 6.76. The van der Waals surface area contributed by atoms with Gasteiger partial charge in [0, 0.05) is 12.1 Å². The molecule has 1 heterocycles. The number of likely N-dealkylation sites (tertiary alicyclic amines) is 1. The van der Waals surface area contributed by atoms with Gasteiger partial charge in [0.1, 0.15) is 11.9 Å². The molecule has 1 fully saturated rings. The fourth-order valence-corrected chi connectivity index (χ4v) is 3.35. The van der Waals surface area contributed by atoms with E-state index in [1.807, 2.05) is 19.6 Å². The summed E-state index contributed by atoms with van der Waals surface area (Å²) in [6.45, 7) is 6.52. The van der Waals surface area contributed by atoms with E-state index in [0.29, 0.717) is 24.3 Å². The van der Waals surface area contributed by atoms with Crippen LogP contribution in [0.2, 0.25) is 19.6 Å². The number of hydrogen-bond donors (Lipinski definition) is 0. The van der Waals surface area contributed by atoms with E-state index in [0.717, 1.165) is 0 Å². The van der Waals surface area contributed by atoms with Crippen molar-refractivity contribution in [1.82, 2.24) is 4.90 Å². The molecule has 2 rings (SSSR count). The summed E-state index contributed by atoms with van der Waals surface area (Å²) in [5, 5.41) is 0. The molecule has 1 atom stereocenters. The van der Waals surface area contributed by atoms with Gasteiger partial charge in [0.05, 0.1) is 7.11 Å². The third kappa shape index (κ3) is 3.71. The van der Waals surface area contributed by atoms with E-state index in [1.165, 1.54) is 4.90 Å². The highest BCUT2D eigenvalue weighted by atomic mass is 28.4. The first kappa shape index (κ1) is 15.7.